The van der Waals surface area contributed by atoms with Gasteiger partial charge in [-0.25, -0.2) is 4.39 Å². The number of rotatable bonds is 1. The second-order valence-corrected chi connectivity index (χ2v) is 7.67. The van der Waals surface area contributed by atoms with Gasteiger partial charge in [0.2, 0.25) is 0 Å². The minimum Gasteiger partial charge on any atom is -0.375 e. The maximum absolute atomic E-state index is 14.5. The molecule has 0 aromatic heterocycles. The molecule has 0 amide bonds. The summed E-state index contributed by atoms with van der Waals surface area (Å²) in [5.74, 6) is 0.224. The first-order valence-electron chi connectivity index (χ1n) is 7.42. The molecule has 1 aliphatic heterocycles. The number of hydrogen-bond acceptors (Lipinski definition) is 1. The highest BCUT2D eigenvalue weighted by atomic mass is 79.9. The topological polar surface area (TPSA) is 12.0 Å². The number of halogens is 4. The zero-order valence-corrected chi connectivity index (χ0v) is 15.1. The van der Waals surface area contributed by atoms with Gasteiger partial charge in [0.25, 0.3) is 0 Å². The lowest BCUT2D eigenvalue weighted by Crippen LogP contribution is -2.30. The van der Waals surface area contributed by atoms with Crippen LogP contribution in [0.15, 0.2) is 47.0 Å². The minimum atomic E-state index is -0.253. The van der Waals surface area contributed by atoms with Crippen molar-refractivity contribution in [3.63, 3.8) is 0 Å². The first-order valence-corrected chi connectivity index (χ1v) is 8.97. The Morgan fingerprint density at radius 2 is 2.00 bits per heavy atom. The fourth-order valence-electron chi connectivity index (χ4n) is 3.69. The quantitative estimate of drug-likeness (QED) is 0.512. The van der Waals surface area contributed by atoms with Crippen LogP contribution in [0.25, 0.3) is 0 Å². The van der Waals surface area contributed by atoms with Gasteiger partial charge in [-0.3, -0.25) is 0 Å². The molecule has 0 saturated carbocycles. The van der Waals surface area contributed by atoms with Gasteiger partial charge in [-0.05, 0) is 41.7 Å². The second-order valence-electron chi connectivity index (χ2n) is 5.97. The third-order valence-electron chi connectivity index (χ3n) is 4.70. The van der Waals surface area contributed by atoms with Crippen LogP contribution in [0.3, 0.4) is 0 Å². The number of fused-ring (bicyclic) bond motifs is 3. The Hall–Kier alpha value is -1.03. The van der Waals surface area contributed by atoms with Crippen LogP contribution < -0.4 is 5.32 Å². The molecule has 0 spiro atoms. The average molecular weight is 413 g/mol. The van der Waals surface area contributed by atoms with Crippen molar-refractivity contribution in [2.75, 3.05) is 5.32 Å². The Balaban J connectivity index is 1.86. The summed E-state index contributed by atoms with van der Waals surface area (Å²) in [5.41, 5.74) is 2.47. The van der Waals surface area contributed by atoms with Crippen molar-refractivity contribution < 1.29 is 4.39 Å². The molecule has 4 rings (SSSR count). The molecule has 3 atom stereocenters. The van der Waals surface area contributed by atoms with Crippen molar-refractivity contribution in [1.29, 1.82) is 0 Å². The van der Waals surface area contributed by atoms with E-state index in [9.17, 15) is 4.39 Å². The summed E-state index contributed by atoms with van der Waals surface area (Å²) in [6, 6.07) is 9.03. The van der Waals surface area contributed by atoms with Crippen LogP contribution in [0.5, 0.6) is 0 Å². The van der Waals surface area contributed by atoms with Gasteiger partial charge in [0, 0.05) is 10.4 Å². The predicted octanol–water partition coefficient (Wildman–Crippen LogP) is 6.72. The van der Waals surface area contributed by atoms with E-state index in [2.05, 4.69) is 33.4 Å². The van der Waals surface area contributed by atoms with Crippen LogP contribution in [0.2, 0.25) is 10.0 Å². The highest BCUT2D eigenvalue weighted by molar-refractivity contribution is 9.10. The fraction of sp³-hybridized carbons (Fsp3) is 0.222. The summed E-state index contributed by atoms with van der Waals surface area (Å²) in [7, 11) is 0. The molecule has 0 saturated heterocycles. The molecule has 1 N–H and O–H groups in total. The maximum Gasteiger partial charge on any atom is 0.147 e. The zero-order chi connectivity index (χ0) is 16.1. The summed E-state index contributed by atoms with van der Waals surface area (Å²) in [6.07, 6.45) is 5.26. The van der Waals surface area contributed by atoms with Gasteiger partial charge in [0.05, 0.1) is 21.8 Å². The predicted molar refractivity (Wildman–Crippen MR) is 96.9 cm³/mol. The van der Waals surface area contributed by atoms with Crippen LogP contribution in [-0.4, -0.2) is 0 Å². The highest BCUT2D eigenvalue weighted by Gasteiger charge is 2.40. The number of benzene rings is 2. The lowest BCUT2D eigenvalue weighted by Gasteiger charge is -2.38. The number of hydrogen-bond donors (Lipinski definition) is 1. The summed E-state index contributed by atoms with van der Waals surface area (Å²) in [6.45, 7) is 0. The lowest BCUT2D eigenvalue weighted by atomic mass is 9.77. The maximum atomic E-state index is 14.5. The third-order valence-corrected chi connectivity index (χ3v) is 5.99. The van der Waals surface area contributed by atoms with Crippen LogP contribution in [-0.2, 0) is 0 Å². The number of allylic oxidation sites excluding steroid dienone is 2. The van der Waals surface area contributed by atoms with Crippen molar-refractivity contribution >= 4 is 44.8 Å². The van der Waals surface area contributed by atoms with E-state index in [-0.39, 0.29) is 17.8 Å². The molecule has 1 aliphatic carbocycles. The van der Waals surface area contributed by atoms with Crippen molar-refractivity contribution in [2.45, 2.75) is 18.4 Å². The lowest BCUT2D eigenvalue weighted by molar-refractivity contribution is 0.420. The van der Waals surface area contributed by atoms with Crippen LogP contribution in [0.4, 0.5) is 10.1 Å². The molecule has 0 radical (unpaired) electrons. The van der Waals surface area contributed by atoms with Gasteiger partial charge in [-0.1, -0.05) is 63.4 Å². The Morgan fingerprint density at radius 3 is 2.83 bits per heavy atom. The van der Waals surface area contributed by atoms with E-state index >= 15 is 0 Å². The van der Waals surface area contributed by atoms with E-state index in [1.807, 2.05) is 18.2 Å². The van der Waals surface area contributed by atoms with Crippen molar-refractivity contribution in [3.05, 3.63) is 73.9 Å². The molecule has 2 aliphatic rings. The molecular formula is C18H13BrCl2FN. The van der Waals surface area contributed by atoms with E-state index < -0.39 is 0 Å². The van der Waals surface area contributed by atoms with Crippen molar-refractivity contribution in [3.8, 4) is 0 Å². The molecule has 1 nitrogen and oxygen atoms in total. The Bertz CT molecular complexity index is 821. The molecule has 5 heteroatoms. The molecule has 2 aromatic carbocycles. The SMILES string of the molecule is Fc1cc(Br)cc2c1N[C@H](c1cccc(Cl)c1Cl)[C@@H]1CC=C[C@H]21. The standard InChI is InChI=1S/C18H13BrCl2FN/c19-9-7-13-10-3-1-4-11(10)17(23-18(13)15(22)8-9)12-5-2-6-14(20)16(12)21/h1-3,5-8,10-11,17,23H,4H2/t10-,11+,17-/m0/s1. The minimum absolute atomic E-state index is 0.0654. The molecule has 23 heavy (non-hydrogen) atoms. The first-order chi connectivity index (χ1) is 11.1. The largest absolute Gasteiger partial charge is 0.375 e. The molecule has 1 heterocycles. The first kappa shape index (κ1) is 15.5. The van der Waals surface area contributed by atoms with Crippen LogP contribution in [0.1, 0.15) is 29.5 Å². The molecular weight excluding hydrogens is 400 g/mol. The molecule has 0 unspecified atom stereocenters. The molecule has 0 fully saturated rings. The molecule has 118 valence electrons. The fourth-order valence-corrected chi connectivity index (χ4v) is 4.56. The van der Waals surface area contributed by atoms with Crippen molar-refractivity contribution in [1.82, 2.24) is 0 Å². The number of anilines is 1. The zero-order valence-electron chi connectivity index (χ0n) is 12.0. The summed E-state index contributed by atoms with van der Waals surface area (Å²) in [5, 5.41) is 4.43. The summed E-state index contributed by atoms with van der Waals surface area (Å²) < 4.78 is 15.2. The van der Waals surface area contributed by atoms with E-state index in [1.54, 1.807) is 6.07 Å². The monoisotopic (exact) mass is 411 g/mol. The Morgan fingerprint density at radius 1 is 1.17 bits per heavy atom. The Labute approximate surface area is 152 Å². The van der Waals surface area contributed by atoms with Gasteiger partial charge in [0.1, 0.15) is 5.82 Å². The summed E-state index contributed by atoms with van der Waals surface area (Å²) >= 11 is 16.0. The summed E-state index contributed by atoms with van der Waals surface area (Å²) in [4.78, 5) is 0. The van der Waals surface area contributed by atoms with Crippen molar-refractivity contribution in [2.24, 2.45) is 5.92 Å². The van der Waals surface area contributed by atoms with E-state index in [4.69, 9.17) is 23.2 Å². The molecule has 2 aromatic rings. The van der Waals surface area contributed by atoms with Gasteiger partial charge in [-0.15, -0.1) is 0 Å². The van der Waals surface area contributed by atoms with Crippen LogP contribution in [0, 0.1) is 11.7 Å². The molecule has 0 bridgehead atoms. The van der Waals surface area contributed by atoms with Gasteiger partial charge in [-0.2, -0.15) is 0 Å². The van der Waals surface area contributed by atoms with Crippen LogP contribution >= 0.6 is 39.1 Å². The van der Waals surface area contributed by atoms with E-state index in [0.29, 0.717) is 21.7 Å². The highest BCUT2D eigenvalue weighted by Crippen LogP contribution is 2.52. The van der Waals surface area contributed by atoms with Gasteiger partial charge < -0.3 is 5.32 Å². The van der Waals surface area contributed by atoms with Gasteiger partial charge in [0.15, 0.2) is 0 Å². The third kappa shape index (κ3) is 2.50. The normalized spacial score (nSPS) is 25.0. The van der Waals surface area contributed by atoms with Gasteiger partial charge >= 0.3 is 0 Å². The number of nitrogens with one attached hydrogen (secondary N) is 1. The van der Waals surface area contributed by atoms with E-state index in [1.165, 1.54) is 6.07 Å². The van der Waals surface area contributed by atoms with E-state index in [0.717, 1.165) is 22.0 Å². The Kier molecular flexibility index (Phi) is 3.91. The smallest absolute Gasteiger partial charge is 0.147 e. The average Bonchev–Trinajstić information content (AvgIpc) is 3.00. The second kappa shape index (κ2) is 5.80.